The first kappa shape index (κ1) is 8.48. The Morgan fingerprint density at radius 2 is 2.33 bits per heavy atom. The molecule has 0 unspecified atom stereocenters. The molecule has 0 fully saturated rings. The number of carbonyl (C=O) groups excluding carboxylic acids is 1. The average molecular weight is 166 g/mol. The topological polar surface area (TPSA) is 80.0 Å². The van der Waals surface area contributed by atoms with Crippen molar-refractivity contribution in [3.05, 3.63) is 23.9 Å². The predicted octanol–water partition coefficient (Wildman–Crippen LogP) is -0.472. The Kier molecular flexibility index (Phi) is 2.60. The van der Waals surface area contributed by atoms with Crippen molar-refractivity contribution in [2.24, 2.45) is 0 Å². The van der Waals surface area contributed by atoms with Crippen LogP contribution in [-0.4, -0.2) is 17.9 Å². The van der Waals surface area contributed by atoms with Crippen molar-refractivity contribution in [2.45, 2.75) is 0 Å². The lowest BCUT2D eigenvalue weighted by Crippen LogP contribution is -2.34. The highest BCUT2D eigenvalue weighted by Crippen LogP contribution is 1.99. The summed E-state index contributed by atoms with van der Waals surface area (Å²) in [5.41, 5.74) is 10.7. The van der Waals surface area contributed by atoms with Gasteiger partial charge in [-0.15, -0.1) is 0 Å². The Balaban J connectivity index is 2.75. The predicted molar refractivity (Wildman–Crippen MR) is 45.2 cm³/mol. The molecule has 0 bridgehead atoms. The molecule has 0 saturated heterocycles. The van der Waals surface area contributed by atoms with Gasteiger partial charge in [0.05, 0.1) is 5.56 Å². The maximum atomic E-state index is 11.1. The zero-order valence-corrected chi connectivity index (χ0v) is 6.66. The Morgan fingerprint density at radius 3 is 2.83 bits per heavy atom. The van der Waals surface area contributed by atoms with Gasteiger partial charge >= 0.3 is 0 Å². The minimum atomic E-state index is -0.231. The summed E-state index contributed by atoms with van der Waals surface area (Å²) in [6.45, 7) is 0. The normalized spacial score (nSPS) is 9.42. The molecular formula is C7H10N4O. The van der Waals surface area contributed by atoms with E-state index in [4.69, 9.17) is 5.73 Å². The van der Waals surface area contributed by atoms with Crippen molar-refractivity contribution in [2.75, 3.05) is 12.8 Å². The largest absolute Gasteiger partial charge is 0.384 e. The summed E-state index contributed by atoms with van der Waals surface area (Å²) < 4.78 is 0. The van der Waals surface area contributed by atoms with Gasteiger partial charge in [0.1, 0.15) is 5.82 Å². The minimum Gasteiger partial charge on any atom is -0.384 e. The minimum absolute atomic E-state index is 0.231. The van der Waals surface area contributed by atoms with E-state index < -0.39 is 0 Å². The quantitative estimate of drug-likeness (QED) is 0.519. The summed E-state index contributed by atoms with van der Waals surface area (Å²) in [5, 5.41) is 0. The molecule has 1 amide bonds. The Hall–Kier alpha value is -1.62. The van der Waals surface area contributed by atoms with Gasteiger partial charge < -0.3 is 5.73 Å². The first-order valence-corrected chi connectivity index (χ1v) is 3.42. The van der Waals surface area contributed by atoms with Gasteiger partial charge in [-0.3, -0.25) is 10.2 Å². The molecule has 0 aliphatic carbocycles. The number of nitrogens with zero attached hydrogens (tertiary/aromatic N) is 1. The molecule has 0 aliphatic rings. The summed E-state index contributed by atoms with van der Waals surface area (Å²) in [5.74, 6) is 0.168. The van der Waals surface area contributed by atoms with Crippen molar-refractivity contribution in [3.63, 3.8) is 0 Å². The van der Waals surface area contributed by atoms with E-state index in [2.05, 4.69) is 15.8 Å². The van der Waals surface area contributed by atoms with Crippen LogP contribution >= 0.6 is 0 Å². The van der Waals surface area contributed by atoms with Gasteiger partial charge in [0.2, 0.25) is 0 Å². The Morgan fingerprint density at radius 1 is 1.58 bits per heavy atom. The van der Waals surface area contributed by atoms with Crippen LogP contribution in [0.15, 0.2) is 18.3 Å². The van der Waals surface area contributed by atoms with E-state index in [0.29, 0.717) is 11.4 Å². The van der Waals surface area contributed by atoms with Crippen molar-refractivity contribution >= 4 is 11.7 Å². The van der Waals surface area contributed by atoms with Crippen LogP contribution in [0.2, 0.25) is 0 Å². The molecule has 0 aromatic carbocycles. The lowest BCUT2D eigenvalue weighted by Gasteiger charge is -2.01. The van der Waals surface area contributed by atoms with Crippen LogP contribution in [-0.2, 0) is 0 Å². The molecule has 1 rings (SSSR count). The molecule has 1 heterocycles. The molecule has 1 aromatic rings. The van der Waals surface area contributed by atoms with Gasteiger partial charge in [0.25, 0.3) is 5.91 Å². The average Bonchev–Trinajstić information content (AvgIpc) is 2.06. The summed E-state index contributed by atoms with van der Waals surface area (Å²) in [7, 11) is 1.61. The van der Waals surface area contributed by atoms with E-state index in [-0.39, 0.29) is 5.91 Å². The van der Waals surface area contributed by atoms with E-state index >= 15 is 0 Å². The smallest absolute Gasteiger partial charge is 0.266 e. The molecule has 12 heavy (non-hydrogen) atoms. The third-order valence-electron chi connectivity index (χ3n) is 1.29. The number of anilines is 1. The second-order valence-corrected chi connectivity index (χ2v) is 2.18. The number of hydrazine groups is 1. The lowest BCUT2D eigenvalue weighted by molar-refractivity contribution is 0.0937. The van der Waals surface area contributed by atoms with Gasteiger partial charge in [0.15, 0.2) is 0 Å². The number of nitrogen functional groups attached to an aromatic ring is 1. The third-order valence-corrected chi connectivity index (χ3v) is 1.29. The molecule has 5 nitrogen and oxygen atoms in total. The van der Waals surface area contributed by atoms with E-state index in [0.717, 1.165) is 0 Å². The SMILES string of the molecule is CNNC(=O)c1ccc(N)nc1. The van der Waals surface area contributed by atoms with Crippen molar-refractivity contribution < 1.29 is 4.79 Å². The van der Waals surface area contributed by atoms with Crippen molar-refractivity contribution in [1.29, 1.82) is 0 Å². The van der Waals surface area contributed by atoms with Crippen LogP contribution in [0.25, 0.3) is 0 Å². The second kappa shape index (κ2) is 3.68. The van der Waals surface area contributed by atoms with Crippen LogP contribution < -0.4 is 16.6 Å². The van der Waals surface area contributed by atoms with Crippen LogP contribution in [0.3, 0.4) is 0 Å². The van der Waals surface area contributed by atoms with Gasteiger partial charge in [-0.1, -0.05) is 0 Å². The van der Waals surface area contributed by atoms with E-state index in [1.807, 2.05) is 0 Å². The molecular weight excluding hydrogens is 156 g/mol. The van der Waals surface area contributed by atoms with Crippen molar-refractivity contribution in [3.8, 4) is 0 Å². The highest BCUT2D eigenvalue weighted by molar-refractivity contribution is 5.93. The Labute approximate surface area is 70.0 Å². The first-order chi connectivity index (χ1) is 5.74. The summed E-state index contributed by atoms with van der Waals surface area (Å²) in [6, 6.07) is 3.18. The van der Waals surface area contributed by atoms with Crippen LogP contribution in [0, 0.1) is 0 Å². The van der Waals surface area contributed by atoms with E-state index in [1.54, 1.807) is 19.2 Å². The molecule has 0 radical (unpaired) electrons. The van der Waals surface area contributed by atoms with Crippen LogP contribution in [0.5, 0.6) is 0 Å². The molecule has 4 N–H and O–H groups in total. The molecule has 64 valence electrons. The van der Waals surface area contributed by atoms with Gasteiger partial charge in [-0.05, 0) is 12.1 Å². The lowest BCUT2D eigenvalue weighted by atomic mass is 10.3. The molecule has 0 atom stereocenters. The van der Waals surface area contributed by atoms with Crippen LogP contribution in [0.4, 0.5) is 5.82 Å². The number of nitrogens with two attached hydrogens (primary N) is 1. The highest BCUT2D eigenvalue weighted by Gasteiger charge is 2.02. The molecule has 5 heteroatoms. The van der Waals surface area contributed by atoms with Gasteiger partial charge in [0, 0.05) is 13.2 Å². The Bertz CT molecular complexity index is 269. The number of nitrogens with one attached hydrogen (secondary N) is 2. The number of hydrogen-bond acceptors (Lipinski definition) is 4. The maximum Gasteiger partial charge on any atom is 0.266 e. The van der Waals surface area contributed by atoms with Crippen LogP contribution in [0.1, 0.15) is 10.4 Å². The third kappa shape index (κ3) is 1.93. The number of pyridine rings is 1. The number of hydrogen-bond donors (Lipinski definition) is 3. The number of aromatic nitrogens is 1. The molecule has 0 aliphatic heterocycles. The zero-order valence-electron chi connectivity index (χ0n) is 6.66. The van der Waals surface area contributed by atoms with Gasteiger partial charge in [-0.25, -0.2) is 10.4 Å². The fourth-order valence-corrected chi connectivity index (χ4v) is 0.725. The molecule has 0 saturated carbocycles. The fourth-order valence-electron chi connectivity index (χ4n) is 0.725. The first-order valence-electron chi connectivity index (χ1n) is 3.42. The van der Waals surface area contributed by atoms with Crippen molar-refractivity contribution in [1.82, 2.24) is 15.8 Å². The zero-order chi connectivity index (χ0) is 8.97. The molecule has 1 aromatic heterocycles. The summed E-state index contributed by atoms with van der Waals surface area (Å²) >= 11 is 0. The molecule has 0 spiro atoms. The maximum absolute atomic E-state index is 11.1. The summed E-state index contributed by atoms with van der Waals surface area (Å²) in [6.07, 6.45) is 1.42. The highest BCUT2D eigenvalue weighted by atomic mass is 16.2. The fraction of sp³-hybridized carbons (Fsp3) is 0.143. The number of amides is 1. The summed E-state index contributed by atoms with van der Waals surface area (Å²) in [4.78, 5) is 14.9. The van der Waals surface area contributed by atoms with Gasteiger partial charge in [-0.2, -0.15) is 0 Å². The monoisotopic (exact) mass is 166 g/mol. The number of rotatable bonds is 2. The van der Waals surface area contributed by atoms with E-state index in [9.17, 15) is 4.79 Å². The van der Waals surface area contributed by atoms with E-state index in [1.165, 1.54) is 6.20 Å². The number of carbonyl (C=O) groups is 1. The second-order valence-electron chi connectivity index (χ2n) is 2.18. The standard InChI is InChI=1S/C7H10N4O/c1-9-11-7(12)5-2-3-6(8)10-4-5/h2-4,9H,1H3,(H2,8,10)(H,11,12).